The van der Waals surface area contributed by atoms with Crippen LogP contribution in [0.4, 0.5) is 0 Å². The molecule has 12 aromatic rings. The van der Waals surface area contributed by atoms with Gasteiger partial charge >= 0.3 is 0 Å². The highest BCUT2D eigenvalue weighted by atomic mass is 32.1. The van der Waals surface area contributed by atoms with E-state index in [4.69, 9.17) is 15.0 Å². The Morgan fingerprint density at radius 1 is 0.364 bits per heavy atom. The SMILES string of the molecule is c1ccc(-c2nc(-c3ccccc3)nc(-n3c4ccccc4c4ccc5sc6ccc7c8ccccc8n(-c8cccc9ccccc89)c7c6c5c43)n2)cc1. The number of thiophene rings is 1. The van der Waals surface area contributed by atoms with Crippen molar-refractivity contribution in [3.05, 3.63) is 176 Å². The van der Waals surface area contributed by atoms with Crippen molar-refractivity contribution in [1.82, 2.24) is 24.1 Å². The number of fused-ring (bicyclic) bond motifs is 12. The minimum atomic E-state index is 0.590. The summed E-state index contributed by atoms with van der Waals surface area (Å²) in [6, 6.07) is 62.4. The van der Waals surface area contributed by atoms with E-state index in [1.54, 1.807) is 0 Å². The molecule has 12 rings (SSSR count). The molecule has 0 radical (unpaired) electrons. The van der Waals surface area contributed by atoms with Crippen molar-refractivity contribution in [2.24, 2.45) is 0 Å². The van der Waals surface area contributed by atoms with Crippen LogP contribution in [-0.2, 0) is 0 Å². The molecule has 5 nitrogen and oxygen atoms in total. The number of aromatic nitrogens is 5. The first-order valence-corrected chi connectivity index (χ1v) is 19.3. The molecule has 55 heavy (non-hydrogen) atoms. The summed E-state index contributed by atoms with van der Waals surface area (Å²) in [5, 5.41) is 9.65. The van der Waals surface area contributed by atoms with Crippen LogP contribution in [0.5, 0.6) is 0 Å². The number of para-hydroxylation sites is 2. The normalized spacial score (nSPS) is 12.0. The minimum Gasteiger partial charge on any atom is -0.308 e. The fourth-order valence-electron chi connectivity index (χ4n) is 8.61. The van der Waals surface area contributed by atoms with Crippen molar-refractivity contribution in [3.8, 4) is 34.4 Å². The summed E-state index contributed by atoms with van der Waals surface area (Å²) in [5.41, 5.74) is 7.59. The van der Waals surface area contributed by atoms with Crippen LogP contribution in [0.1, 0.15) is 0 Å². The summed E-state index contributed by atoms with van der Waals surface area (Å²) >= 11 is 1.84. The van der Waals surface area contributed by atoms with Crippen molar-refractivity contribution in [3.63, 3.8) is 0 Å². The second-order valence-corrected chi connectivity index (χ2v) is 15.1. The lowest BCUT2D eigenvalue weighted by Gasteiger charge is -2.13. The smallest absolute Gasteiger partial charge is 0.238 e. The summed E-state index contributed by atoms with van der Waals surface area (Å²) in [6.45, 7) is 0. The topological polar surface area (TPSA) is 48.5 Å². The average molecular weight is 720 g/mol. The van der Waals surface area contributed by atoms with Gasteiger partial charge in [0.25, 0.3) is 0 Å². The van der Waals surface area contributed by atoms with Gasteiger partial charge in [-0.2, -0.15) is 9.97 Å². The molecule has 0 saturated heterocycles. The Bertz CT molecular complexity index is 3420. The first-order chi connectivity index (χ1) is 27.3. The van der Waals surface area contributed by atoms with Crippen molar-refractivity contribution < 1.29 is 0 Å². The largest absolute Gasteiger partial charge is 0.308 e. The summed E-state index contributed by atoms with van der Waals surface area (Å²) in [6.07, 6.45) is 0. The van der Waals surface area contributed by atoms with E-state index in [0.717, 1.165) is 32.9 Å². The van der Waals surface area contributed by atoms with Crippen LogP contribution < -0.4 is 0 Å². The fraction of sp³-hybridized carbons (Fsp3) is 0. The third-order valence-electron chi connectivity index (χ3n) is 11.0. The second-order valence-electron chi connectivity index (χ2n) is 14.0. The van der Waals surface area contributed by atoms with E-state index in [9.17, 15) is 0 Å². The molecule has 0 fully saturated rings. The predicted molar refractivity (Wildman–Crippen MR) is 230 cm³/mol. The molecule has 0 saturated carbocycles. The van der Waals surface area contributed by atoms with Crippen LogP contribution in [0, 0.1) is 0 Å². The standard InChI is InChI=1S/C49H29N5S/c1-3-15-31(16-4-1)47-50-48(32-17-5-2-6-18-32)52-49(51-47)54-40-24-12-10-22-35(40)37-27-29-42-44(46(37)54)43-41(55-42)28-26-36-34-21-9-11-23-39(34)53(45(36)43)38-25-13-19-30-14-7-8-20-33(30)38/h1-29H. The van der Waals surface area contributed by atoms with Gasteiger partial charge in [0, 0.05) is 58.2 Å². The van der Waals surface area contributed by atoms with Gasteiger partial charge in [-0.25, -0.2) is 4.98 Å². The Kier molecular flexibility index (Phi) is 6.44. The Hall–Kier alpha value is -7.15. The fourth-order valence-corrected chi connectivity index (χ4v) is 9.72. The lowest BCUT2D eigenvalue weighted by atomic mass is 10.0. The van der Waals surface area contributed by atoms with Crippen molar-refractivity contribution in [2.45, 2.75) is 0 Å². The number of hydrogen-bond acceptors (Lipinski definition) is 4. The number of hydrogen-bond donors (Lipinski definition) is 0. The van der Waals surface area contributed by atoms with E-state index < -0.39 is 0 Å². The first-order valence-electron chi connectivity index (χ1n) is 18.5. The Morgan fingerprint density at radius 3 is 1.47 bits per heavy atom. The lowest BCUT2D eigenvalue weighted by Crippen LogP contribution is -2.06. The summed E-state index contributed by atoms with van der Waals surface area (Å²) < 4.78 is 7.23. The third-order valence-corrected chi connectivity index (χ3v) is 12.1. The van der Waals surface area contributed by atoms with E-state index in [0.29, 0.717) is 17.6 Å². The van der Waals surface area contributed by atoms with Crippen LogP contribution in [0.25, 0.3) is 109 Å². The second kappa shape index (κ2) is 11.7. The van der Waals surface area contributed by atoms with Crippen LogP contribution in [0.2, 0.25) is 0 Å². The Labute approximate surface area is 319 Å². The Balaban J connectivity index is 1.28. The highest BCUT2D eigenvalue weighted by molar-refractivity contribution is 7.26. The highest BCUT2D eigenvalue weighted by Crippen LogP contribution is 2.47. The molecule has 4 heterocycles. The van der Waals surface area contributed by atoms with Crippen LogP contribution in [0.3, 0.4) is 0 Å². The molecule has 0 aliphatic heterocycles. The van der Waals surface area contributed by atoms with Crippen LogP contribution in [0.15, 0.2) is 176 Å². The maximum Gasteiger partial charge on any atom is 0.238 e. The molecule has 4 aromatic heterocycles. The van der Waals surface area contributed by atoms with E-state index in [1.165, 1.54) is 58.4 Å². The number of benzene rings is 8. The molecule has 8 aromatic carbocycles. The summed E-state index contributed by atoms with van der Waals surface area (Å²) in [5.74, 6) is 1.86. The molecule has 6 heteroatoms. The van der Waals surface area contributed by atoms with E-state index >= 15 is 0 Å². The number of nitrogens with zero attached hydrogens (tertiary/aromatic N) is 5. The van der Waals surface area contributed by atoms with Gasteiger partial charge in [-0.15, -0.1) is 11.3 Å². The average Bonchev–Trinajstić information content (AvgIpc) is 3.91. The molecular weight excluding hydrogens is 691 g/mol. The lowest BCUT2D eigenvalue weighted by molar-refractivity contribution is 0.955. The van der Waals surface area contributed by atoms with E-state index in [1.807, 2.05) is 47.7 Å². The molecule has 0 aliphatic carbocycles. The Morgan fingerprint density at radius 2 is 0.855 bits per heavy atom. The van der Waals surface area contributed by atoms with Gasteiger partial charge in [-0.05, 0) is 35.7 Å². The molecule has 0 unspecified atom stereocenters. The molecule has 0 spiro atoms. The van der Waals surface area contributed by atoms with E-state index in [2.05, 4.69) is 149 Å². The summed E-state index contributed by atoms with van der Waals surface area (Å²) in [4.78, 5) is 15.6. The maximum atomic E-state index is 5.28. The zero-order chi connectivity index (χ0) is 36.0. The van der Waals surface area contributed by atoms with Gasteiger partial charge in [0.2, 0.25) is 5.95 Å². The van der Waals surface area contributed by atoms with Gasteiger partial charge in [0.1, 0.15) is 0 Å². The van der Waals surface area contributed by atoms with Gasteiger partial charge in [-0.3, -0.25) is 4.57 Å². The van der Waals surface area contributed by atoms with Crippen LogP contribution in [-0.4, -0.2) is 24.1 Å². The molecule has 0 amide bonds. The van der Waals surface area contributed by atoms with Crippen LogP contribution >= 0.6 is 11.3 Å². The van der Waals surface area contributed by atoms with Crippen molar-refractivity contribution >= 4 is 85.9 Å². The van der Waals surface area contributed by atoms with Crippen molar-refractivity contribution in [1.29, 1.82) is 0 Å². The van der Waals surface area contributed by atoms with E-state index in [-0.39, 0.29) is 0 Å². The van der Waals surface area contributed by atoms with Crippen molar-refractivity contribution in [2.75, 3.05) is 0 Å². The summed E-state index contributed by atoms with van der Waals surface area (Å²) in [7, 11) is 0. The highest BCUT2D eigenvalue weighted by Gasteiger charge is 2.24. The molecule has 256 valence electrons. The monoisotopic (exact) mass is 719 g/mol. The number of rotatable bonds is 4. The molecular formula is C49H29N5S. The third kappa shape index (κ3) is 4.43. The van der Waals surface area contributed by atoms with Gasteiger partial charge in [-0.1, -0.05) is 146 Å². The first kappa shape index (κ1) is 30.3. The molecule has 0 aliphatic rings. The van der Waals surface area contributed by atoms with Gasteiger partial charge in [0.05, 0.1) is 27.8 Å². The van der Waals surface area contributed by atoms with Gasteiger partial charge < -0.3 is 4.57 Å². The van der Waals surface area contributed by atoms with Gasteiger partial charge in [0.15, 0.2) is 11.6 Å². The maximum absolute atomic E-state index is 5.28. The molecule has 0 atom stereocenters. The molecule has 0 bridgehead atoms. The quantitative estimate of drug-likeness (QED) is 0.182. The zero-order valence-electron chi connectivity index (χ0n) is 29.4. The molecule has 0 N–H and O–H groups in total. The predicted octanol–water partition coefficient (Wildman–Crippen LogP) is 12.9. The minimum absolute atomic E-state index is 0.590. The zero-order valence-corrected chi connectivity index (χ0v) is 30.2.